The Bertz CT molecular complexity index is 1620. The van der Waals surface area contributed by atoms with Crippen LogP contribution in [0.2, 0.25) is 0 Å². The third-order valence-electron chi connectivity index (χ3n) is 6.84. The minimum Gasteiger partial charge on any atom is -0.362 e. The van der Waals surface area contributed by atoms with Gasteiger partial charge in [0.25, 0.3) is 5.91 Å². The topological polar surface area (TPSA) is 124 Å². The summed E-state index contributed by atoms with van der Waals surface area (Å²) >= 11 is 0. The van der Waals surface area contributed by atoms with Gasteiger partial charge in [0.2, 0.25) is 5.91 Å². The van der Waals surface area contributed by atoms with Gasteiger partial charge >= 0.3 is 0 Å². The molecule has 4 aromatic rings. The molecule has 2 aliphatic rings. The van der Waals surface area contributed by atoms with E-state index in [-0.39, 0.29) is 40.7 Å². The number of pyridine rings is 1. The number of ether oxygens (including phenoxy) is 1. The fraction of sp³-hybridized carbons (Fsp3) is 0.250. The zero-order chi connectivity index (χ0) is 25.4. The summed E-state index contributed by atoms with van der Waals surface area (Å²) in [6.07, 6.45) is 1.04. The van der Waals surface area contributed by atoms with Crippen LogP contribution in [-0.4, -0.2) is 43.7 Å². The molecule has 0 fully saturated rings. The molecule has 2 aliphatic heterocycles. The molecule has 6 rings (SSSR count). The summed E-state index contributed by atoms with van der Waals surface area (Å²) in [7, 11) is 1.35. The highest BCUT2D eigenvalue weighted by molar-refractivity contribution is 6.14. The molecule has 10 nitrogen and oxygen atoms in total. The lowest BCUT2D eigenvalue weighted by Crippen LogP contribution is -2.57. The van der Waals surface area contributed by atoms with Crippen LogP contribution in [0.5, 0.6) is 0 Å². The lowest BCUT2D eigenvalue weighted by molar-refractivity contribution is -0.164. The molecule has 1 aromatic carbocycles. The molecule has 0 spiro atoms. The van der Waals surface area contributed by atoms with Crippen LogP contribution in [0.25, 0.3) is 22.6 Å². The van der Waals surface area contributed by atoms with Crippen molar-refractivity contribution in [3.8, 4) is 11.5 Å². The van der Waals surface area contributed by atoms with Crippen LogP contribution in [0.3, 0.4) is 0 Å². The maximum Gasteiger partial charge on any atom is 0.263 e. The molecule has 2 N–H and O–H groups in total. The van der Waals surface area contributed by atoms with Gasteiger partial charge in [-0.2, -0.15) is 5.10 Å². The van der Waals surface area contributed by atoms with Gasteiger partial charge < -0.3 is 15.4 Å². The van der Waals surface area contributed by atoms with Gasteiger partial charge in [-0.3, -0.25) is 9.59 Å². The van der Waals surface area contributed by atoms with Crippen LogP contribution >= 0.6 is 0 Å². The van der Waals surface area contributed by atoms with E-state index in [2.05, 4.69) is 30.7 Å². The molecule has 0 unspecified atom stereocenters. The van der Waals surface area contributed by atoms with Crippen molar-refractivity contribution < 1.29 is 23.1 Å². The van der Waals surface area contributed by atoms with Crippen LogP contribution in [0.15, 0.2) is 36.5 Å². The Labute approximate surface area is 202 Å². The highest BCUT2D eigenvalue weighted by Crippen LogP contribution is 2.55. The molecule has 12 heteroatoms. The van der Waals surface area contributed by atoms with E-state index in [0.717, 1.165) is 6.20 Å². The van der Waals surface area contributed by atoms with Gasteiger partial charge in [0.15, 0.2) is 17.1 Å². The molecule has 182 valence electrons. The van der Waals surface area contributed by atoms with Gasteiger partial charge in [-0.25, -0.2) is 28.4 Å². The fourth-order valence-corrected chi connectivity index (χ4v) is 4.96. The summed E-state index contributed by atoms with van der Waals surface area (Å²) in [5, 5.41) is 10.2. The van der Waals surface area contributed by atoms with Crippen molar-refractivity contribution >= 4 is 34.5 Å². The van der Waals surface area contributed by atoms with Crippen LogP contribution in [-0.2, 0) is 26.5 Å². The van der Waals surface area contributed by atoms with Crippen molar-refractivity contribution in [2.45, 2.75) is 26.0 Å². The Balaban J connectivity index is 1.56. The van der Waals surface area contributed by atoms with Crippen molar-refractivity contribution in [3.63, 3.8) is 0 Å². The standard InChI is InChI=1S/C24H19F2N7O3/c1-23(2)21(34)30-17-15-18(31-22(35)24(15,23)36-3)29-19(28-17)16-13-8-12(25)9-27-20(13)33(32-16)10-11-6-4-5-7-14(11)26/h4-9H,10H2,1-3H3,(H2,28,29,30,31,34,35)/t24-/m1/s1. The number of halogens is 2. The first-order valence-corrected chi connectivity index (χ1v) is 11.0. The van der Waals surface area contributed by atoms with Gasteiger partial charge in [-0.1, -0.05) is 18.2 Å². The Morgan fingerprint density at radius 2 is 1.75 bits per heavy atom. The highest BCUT2D eigenvalue weighted by Gasteiger charge is 2.65. The summed E-state index contributed by atoms with van der Waals surface area (Å²) in [6, 6.07) is 7.44. The van der Waals surface area contributed by atoms with E-state index in [1.165, 1.54) is 23.9 Å². The molecule has 0 saturated carbocycles. The molecule has 0 saturated heterocycles. The van der Waals surface area contributed by atoms with Gasteiger partial charge in [0.1, 0.15) is 29.0 Å². The number of hydrogen-bond donors (Lipinski definition) is 2. The lowest BCUT2D eigenvalue weighted by atomic mass is 9.68. The SMILES string of the molecule is CO[C@@]12C(=O)Nc3nc(-c4nn(Cc5ccccc5F)c5ncc(F)cc45)nc(c31)NC(=O)C2(C)C. The second-order valence-corrected chi connectivity index (χ2v) is 9.16. The summed E-state index contributed by atoms with van der Waals surface area (Å²) in [5.74, 6) is -1.80. The predicted octanol–water partition coefficient (Wildman–Crippen LogP) is 2.99. The zero-order valence-corrected chi connectivity index (χ0v) is 19.4. The van der Waals surface area contributed by atoms with Crippen molar-refractivity contribution in [3.05, 3.63) is 59.3 Å². The summed E-state index contributed by atoms with van der Waals surface area (Å²) in [6.45, 7) is 3.22. The van der Waals surface area contributed by atoms with Crippen LogP contribution in [0, 0.1) is 17.0 Å². The number of carbonyl (C=O) groups is 2. The number of nitrogens with one attached hydrogen (secondary N) is 2. The molecular formula is C24H19F2N7O3. The summed E-state index contributed by atoms with van der Waals surface area (Å²) in [5.41, 5.74) is -1.78. The summed E-state index contributed by atoms with van der Waals surface area (Å²) in [4.78, 5) is 39.2. The highest BCUT2D eigenvalue weighted by atomic mass is 19.1. The first kappa shape index (κ1) is 22.2. The number of fused-ring (bicyclic) bond motifs is 1. The number of amides is 2. The van der Waals surface area contributed by atoms with Crippen LogP contribution < -0.4 is 10.6 Å². The Morgan fingerprint density at radius 3 is 2.44 bits per heavy atom. The van der Waals surface area contributed by atoms with Crippen molar-refractivity contribution in [2.75, 3.05) is 17.7 Å². The van der Waals surface area contributed by atoms with Gasteiger partial charge in [-0.05, 0) is 26.0 Å². The number of hydrogen-bond acceptors (Lipinski definition) is 7. The van der Waals surface area contributed by atoms with Crippen molar-refractivity contribution in [1.82, 2.24) is 24.7 Å². The Morgan fingerprint density at radius 1 is 1.06 bits per heavy atom. The van der Waals surface area contributed by atoms with Crippen molar-refractivity contribution in [2.24, 2.45) is 5.41 Å². The second-order valence-electron chi connectivity index (χ2n) is 9.16. The molecule has 5 heterocycles. The number of rotatable bonds is 4. The number of nitrogens with zero attached hydrogens (tertiary/aromatic N) is 5. The molecule has 36 heavy (non-hydrogen) atoms. The quantitative estimate of drug-likeness (QED) is 0.450. The molecule has 0 bridgehead atoms. The van der Waals surface area contributed by atoms with E-state index in [4.69, 9.17) is 4.74 Å². The maximum absolute atomic E-state index is 14.3. The maximum atomic E-state index is 14.3. The van der Waals surface area contributed by atoms with E-state index in [0.29, 0.717) is 11.1 Å². The third-order valence-corrected chi connectivity index (χ3v) is 6.84. The first-order valence-electron chi connectivity index (χ1n) is 11.0. The number of anilines is 2. The van der Waals surface area contributed by atoms with E-state index in [9.17, 15) is 18.4 Å². The number of aromatic nitrogens is 5. The van der Waals surface area contributed by atoms with Gasteiger partial charge in [0, 0.05) is 12.7 Å². The normalized spacial score (nSPS) is 19.8. The minimum absolute atomic E-state index is 0.0145. The van der Waals surface area contributed by atoms with Gasteiger partial charge in [-0.15, -0.1) is 0 Å². The molecule has 3 aromatic heterocycles. The number of benzene rings is 1. The van der Waals surface area contributed by atoms with E-state index in [1.807, 2.05) is 0 Å². The summed E-state index contributed by atoms with van der Waals surface area (Å²) < 4.78 is 35.6. The predicted molar refractivity (Wildman–Crippen MR) is 124 cm³/mol. The lowest BCUT2D eigenvalue weighted by Gasteiger charge is -2.43. The number of carbonyl (C=O) groups excluding carboxylic acids is 2. The first-order chi connectivity index (χ1) is 17.2. The average molecular weight is 491 g/mol. The second kappa shape index (κ2) is 7.34. The van der Waals surface area contributed by atoms with E-state index < -0.39 is 34.5 Å². The largest absolute Gasteiger partial charge is 0.362 e. The van der Waals surface area contributed by atoms with Gasteiger partial charge in [0.05, 0.1) is 29.1 Å². The minimum atomic E-state index is -1.63. The average Bonchev–Trinajstić information content (AvgIpc) is 3.34. The van der Waals surface area contributed by atoms with Crippen LogP contribution in [0.4, 0.5) is 20.4 Å². The smallest absolute Gasteiger partial charge is 0.263 e. The molecule has 0 radical (unpaired) electrons. The number of methoxy groups -OCH3 is 1. The van der Waals surface area contributed by atoms with E-state index >= 15 is 0 Å². The van der Waals surface area contributed by atoms with Crippen molar-refractivity contribution in [1.29, 1.82) is 0 Å². The molecule has 0 aliphatic carbocycles. The van der Waals surface area contributed by atoms with Crippen LogP contribution in [0.1, 0.15) is 25.0 Å². The van der Waals surface area contributed by atoms with E-state index in [1.54, 1.807) is 32.0 Å². The fourth-order valence-electron chi connectivity index (χ4n) is 4.96. The molecule has 2 amide bonds. The monoisotopic (exact) mass is 491 g/mol. The molecular weight excluding hydrogens is 472 g/mol. The Kier molecular flexibility index (Phi) is 4.52. The zero-order valence-electron chi connectivity index (χ0n) is 19.4. The Hall–Kier alpha value is -4.32. The molecule has 1 atom stereocenters. The third kappa shape index (κ3) is 2.78.